The van der Waals surface area contributed by atoms with Crippen LogP contribution in [0.25, 0.3) is 0 Å². The lowest BCUT2D eigenvalue weighted by molar-refractivity contribution is -0.145. The average molecular weight is 267 g/mol. The van der Waals surface area contributed by atoms with Crippen LogP contribution in [0, 0.1) is 0 Å². The predicted octanol–water partition coefficient (Wildman–Crippen LogP) is 2.18. The lowest BCUT2D eigenvalue weighted by atomic mass is 10.1. The molecule has 1 aromatic carbocycles. The van der Waals surface area contributed by atoms with E-state index in [2.05, 4.69) is 0 Å². The molecule has 1 unspecified atom stereocenters. The molecular formula is C14H21NO4. The third kappa shape index (κ3) is 4.13. The minimum Gasteiger partial charge on any atom is -0.490 e. The SMILES string of the molecule is CCCC(Oc1c(CN)cccc1OCC)C(=O)O. The fraction of sp³-hybridized carbons (Fsp3) is 0.500. The number of carbonyl (C=O) groups is 1. The van der Waals surface area contributed by atoms with E-state index in [1.54, 1.807) is 6.07 Å². The van der Waals surface area contributed by atoms with Crippen molar-refractivity contribution in [2.75, 3.05) is 6.61 Å². The van der Waals surface area contributed by atoms with Gasteiger partial charge in [-0.3, -0.25) is 0 Å². The maximum atomic E-state index is 11.2. The normalized spacial score (nSPS) is 11.9. The molecule has 1 atom stereocenters. The summed E-state index contributed by atoms with van der Waals surface area (Å²) in [5.74, 6) is -0.00312. The van der Waals surface area contributed by atoms with Gasteiger partial charge in [-0.05, 0) is 19.4 Å². The number of ether oxygens (including phenoxy) is 2. The molecule has 0 aromatic heterocycles. The first-order chi connectivity index (χ1) is 9.13. The summed E-state index contributed by atoms with van der Waals surface area (Å²) in [4.78, 5) is 11.2. The summed E-state index contributed by atoms with van der Waals surface area (Å²) in [5, 5.41) is 9.15. The van der Waals surface area contributed by atoms with Crippen LogP contribution in [0.5, 0.6) is 11.5 Å². The van der Waals surface area contributed by atoms with E-state index in [9.17, 15) is 4.79 Å². The van der Waals surface area contributed by atoms with Crippen molar-refractivity contribution in [3.63, 3.8) is 0 Å². The van der Waals surface area contributed by atoms with Crippen LogP contribution in [0.1, 0.15) is 32.3 Å². The molecule has 3 N–H and O–H groups in total. The molecule has 0 radical (unpaired) electrons. The monoisotopic (exact) mass is 267 g/mol. The van der Waals surface area contributed by atoms with Gasteiger partial charge in [-0.2, -0.15) is 0 Å². The van der Waals surface area contributed by atoms with Crippen molar-refractivity contribution in [1.29, 1.82) is 0 Å². The molecule has 0 bridgehead atoms. The zero-order valence-electron chi connectivity index (χ0n) is 11.4. The molecule has 0 amide bonds. The number of hydrogen-bond acceptors (Lipinski definition) is 4. The maximum absolute atomic E-state index is 11.2. The highest BCUT2D eigenvalue weighted by Crippen LogP contribution is 2.32. The summed E-state index contributed by atoms with van der Waals surface area (Å²) in [5.41, 5.74) is 6.40. The fourth-order valence-corrected chi connectivity index (χ4v) is 1.76. The van der Waals surface area contributed by atoms with Crippen molar-refractivity contribution in [1.82, 2.24) is 0 Å². The number of aliphatic carboxylic acids is 1. The summed E-state index contributed by atoms with van der Waals surface area (Å²) in [6.07, 6.45) is 0.294. The van der Waals surface area contributed by atoms with Crippen molar-refractivity contribution in [3.8, 4) is 11.5 Å². The largest absolute Gasteiger partial charge is 0.490 e. The Labute approximate surface area is 113 Å². The minimum absolute atomic E-state index is 0.273. The molecule has 19 heavy (non-hydrogen) atoms. The molecule has 1 rings (SSSR count). The molecule has 0 heterocycles. The number of nitrogens with two attached hydrogens (primary N) is 1. The molecule has 0 aliphatic heterocycles. The Balaban J connectivity index is 3.04. The molecular weight excluding hydrogens is 246 g/mol. The van der Waals surface area contributed by atoms with E-state index in [1.165, 1.54) is 0 Å². The van der Waals surface area contributed by atoms with Gasteiger partial charge < -0.3 is 20.3 Å². The van der Waals surface area contributed by atoms with Crippen LogP contribution in [-0.4, -0.2) is 23.8 Å². The van der Waals surface area contributed by atoms with Crippen LogP contribution in [0.15, 0.2) is 18.2 Å². The molecule has 0 saturated carbocycles. The summed E-state index contributed by atoms with van der Waals surface area (Å²) in [6.45, 7) is 4.53. The summed E-state index contributed by atoms with van der Waals surface area (Å²) >= 11 is 0. The lowest BCUT2D eigenvalue weighted by Gasteiger charge is -2.19. The standard InChI is InChI=1S/C14H21NO4/c1-3-6-12(14(16)17)19-13-10(9-15)7-5-8-11(13)18-4-2/h5,7-8,12H,3-4,6,9,15H2,1-2H3,(H,16,17). The van der Waals surface area contributed by atoms with E-state index in [4.69, 9.17) is 20.3 Å². The van der Waals surface area contributed by atoms with Crippen molar-refractivity contribution in [2.45, 2.75) is 39.3 Å². The van der Waals surface area contributed by atoms with E-state index in [-0.39, 0.29) is 6.54 Å². The Bertz CT molecular complexity index is 420. The van der Waals surface area contributed by atoms with Crippen LogP contribution in [0.3, 0.4) is 0 Å². The van der Waals surface area contributed by atoms with Gasteiger partial charge in [0.1, 0.15) is 0 Å². The smallest absolute Gasteiger partial charge is 0.344 e. The van der Waals surface area contributed by atoms with E-state index >= 15 is 0 Å². The van der Waals surface area contributed by atoms with Gasteiger partial charge in [-0.25, -0.2) is 4.79 Å². The van der Waals surface area contributed by atoms with Crippen molar-refractivity contribution < 1.29 is 19.4 Å². The first-order valence-electron chi connectivity index (χ1n) is 6.48. The number of carboxylic acids is 1. The van der Waals surface area contributed by atoms with Gasteiger partial charge in [0.15, 0.2) is 17.6 Å². The molecule has 0 fully saturated rings. The van der Waals surface area contributed by atoms with E-state index in [1.807, 2.05) is 26.0 Å². The van der Waals surface area contributed by atoms with Gasteiger partial charge >= 0.3 is 5.97 Å². The summed E-state index contributed by atoms with van der Waals surface area (Å²) < 4.78 is 11.1. The van der Waals surface area contributed by atoms with Crippen LogP contribution >= 0.6 is 0 Å². The van der Waals surface area contributed by atoms with Gasteiger partial charge in [-0.15, -0.1) is 0 Å². The molecule has 5 heteroatoms. The highest BCUT2D eigenvalue weighted by atomic mass is 16.5. The topological polar surface area (TPSA) is 81.8 Å². The van der Waals surface area contributed by atoms with E-state index in [0.717, 1.165) is 12.0 Å². The van der Waals surface area contributed by atoms with Crippen LogP contribution in [-0.2, 0) is 11.3 Å². The zero-order valence-corrected chi connectivity index (χ0v) is 11.4. The Morgan fingerprint density at radius 1 is 1.42 bits per heavy atom. The maximum Gasteiger partial charge on any atom is 0.344 e. The third-order valence-corrected chi connectivity index (χ3v) is 2.67. The van der Waals surface area contributed by atoms with E-state index < -0.39 is 12.1 Å². The third-order valence-electron chi connectivity index (χ3n) is 2.67. The first-order valence-corrected chi connectivity index (χ1v) is 6.48. The number of rotatable bonds is 8. The molecule has 0 spiro atoms. The van der Waals surface area contributed by atoms with Gasteiger partial charge in [-0.1, -0.05) is 25.5 Å². The average Bonchev–Trinajstić information content (AvgIpc) is 2.39. The molecule has 106 valence electrons. The van der Waals surface area contributed by atoms with Crippen molar-refractivity contribution >= 4 is 5.97 Å². The Morgan fingerprint density at radius 3 is 2.68 bits per heavy atom. The molecule has 5 nitrogen and oxygen atoms in total. The van der Waals surface area contributed by atoms with Crippen LogP contribution < -0.4 is 15.2 Å². The van der Waals surface area contributed by atoms with Gasteiger partial charge in [0.25, 0.3) is 0 Å². The van der Waals surface area contributed by atoms with Gasteiger partial charge in [0, 0.05) is 12.1 Å². The number of carboxylic acid groups (broad SMARTS) is 1. The highest BCUT2D eigenvalue weighted by molar-refractivity contribution is 5.73. The Hall–Kier alpha value is -1.75. The minimum atomic E-state index is -0.976. The zero-order chi connectivity index (χ0) is 14.3. The number of benzene rings is 1. The molecule has 1 aromatic rings. The predicted molar refractivity (Wildman–Crippen MR) is 72.5 cm³/mol. The van der Waals surface area contributed by atoms with Crippen LogP contribution in [0.4, 0.5) is 0 Å². The molecule has 0 saturated heterocycles. The quantitative estimate of drug-likeness (QED) is 0.754. The number of hydrogen-bond donors (Lipinski definition) is 2. The first kappa shape index (κ1) is 15.3. The van der Waals surface area contributed by atoms with Gasteiger partial charge in [0.2, 0.25) is 0 Å². The highest BCUT2D eigenvalue weighted by Gasteiger charge is 2.21. The fourth-order valence-electron chi connectivity index (χ4n) is 1.76. The lowest BCUT2D eigenvalue weighted by Crippen LogP contribution is -2.27. The Morgan fingerprint density at radius 2 is 2.16 bits per heavy atom. The van der Waals surface area contributed by atoms with Crippen LogP contribution in [0.2, 0.25) is 0 Å². The second kappa shape index (κ2) is 7.63. The second-order valence-electron chi connectivity index (χ2n) is 4.11. The molecule has 0 aliphatic carbocycles. The summed E-state index contributed by atoms with van der Waals surface area (Å²) in [7, 11) is 0. The van der Waals surface area contributed by atoms with Gasteiger partial charge in [0.05, 0.1) is 6.61 Å². The summed E-state index contributed by atoms with van der Waals surface area (Å²) in [6, 6.07) is 5.38. The van der Waals surface area contributed by atoms with Crippen molar-refractivity contribution in [3.05, 3.63) is 23.8 Å². The number of para-hydroxylation sites is 1. The second-order valence-corrected chi connectivity index (χ2v) is 4.11. The Kier molecular flexibility index (Phi) is 6.15. The van der Waals surface area contributed by atoms with E-state index in [0.29, 0.717) is 24.5 Å². The molecule has 0 aliphatic rings. The van der Waals surface area contributed by atoms with Crippen molar-refractivity contribution in [2.24, 2.45) is 5.73 Å².